The van der Waals surface area contributed by atoms with E-state index < -0.39 is 10.0 Å². The third-order valence-corrected chi connectivity index (χ3v) is 7.57. The highest BCUT2D eigenvalue weighted by Gasteiger charge is 2.42. The van der Waals surface area contributed by atoms with Crippen molar-refractivity contribution in [1.82, 2.24) is 9.62 Å². The summed E-state index contributed by atoms with van der Waals surface area (Å²) in [6.45, 7) is 3.32. The van der Waals surface area contributed by atoms with Gasteiger partial charge in [-0.05, 0) is 43.4 Å². The average molecular weight is 427 g/mol. The van der Waals surface area contributed by atoms with Crippen molar-refractivity contribution >= 4 is 16.1 Å². The molecule has 2 aromatic rings. The van der Waals surface area contributed by atoms with Crippen LogP contribution >= 0.6 is 0 Å². The predicted molar refractivity (Wildman–Crippen MR) is 120 cm³/mol. The van der Waals surface area contributed by atoms with Crippen molar-refractivity contribution in [2.24, 2.45) is 0 Å². The molecule has 0 radical (unpaired) electrons. The lowest BCUT2D eigenvalue weighted by molar-refractivity contribution is -0.0734. The van der Waals surface area contributed by atoms with Crippen molar-refractivity contribution in [2.75, 3.05) is 26.2 Å². The van der Waals surface area contributed by atoms with Crippen molar-refractivity contribution in [2.45, 2.75) is 42.3 Å². The Balaban J connectivity index is 1.22. The molecule has 1 N–H and O–H groups in total. The number of benzene rings is 2. The molecule has 0 amide bonds. The maximum atomic E-state index is 12.4. The third-order valence-electron chi connectivity index (χ3n) is 6.13. The number of hydrogen-bond acceptors (Lipinski definition) is 4. The summed E-state index contributed by atoms with van der Waals surface area (Å²) in [7, 11) is -3.48. The lowest BCUT2D eigenvalue weighted by Crippen LogP contribution is -2.45. The van der Waals surface area contributed by atoms with E-state index in [2.05, 4.69) is 46.0 Å². The molecule has 0 bridgehead atoms. The van der Waals surface area contributed by atoms with Crippen molar-refractivity contribution in [3.8, 4) is 0 Å². The van der Waals surface area contributed by atoms with Crippen molar-refractivity contribution < 1.29 is 13.2 Å². The molecular formula is C24H30N2O3S. The zero-order chi connectivity index (χ0) is 20.9. The number of nitrogens with one attached hydrogen (secondary N) is 1. The Hall–Kier alpha value is -1.99. The van der Waals surface area contributed by atoms with Gasteiger partial charge in [0.15, 0.2) is 0 Å². The summed E-state index contributed by atoms with van der Waals surface area (Å²) in [6.07, 6.45) is 8.29. The van der Waals surface area contributed by atoms with Crippen LogP contribution in [-0.2, 0) is 14.8 Å². The summed E-state index contributed by atoms with van der Waals surface area (Å²) >= 11 is 0. The number of piperidine rings is 1. The molecule has 1 unspecified atom stereocenters. The Bertz CT molecular complexity index is 937. The fourth-order valence-electron chi connectivity index (χ4n) is 4.34. The van der Waals surface area contributed by atoms with Crippen LogP contribution in [0.25, 0.3) is 6.08 Å². The van der Waals surface area contributed by atoms with E-state index in [1.165, 1.54) is 5.56 Å². The quantitative estimate of drug-likeness (QED) is 0.734. The first kappa shape index (κ1) is 21.2. The second kappa shape index (κ2) is 9.43. The first-order valence-electron chi connectivity index (χ1n) is 10.7. The van der Waals surface area contributed by atoms with Gasteiger partial charge in [-0.25, -0.2) is 13.1 Å². The minimum absolute atomic E-state index is 0.0481. The number of sulfonamides is 1. The molecule has 0 aliphatic carbocycles. The molecule has 6 heteroatoms. The van der Waals surface area contributed by atoms with Gasteiger partial charge < -0.3 is 4.74 Å². The van der Waals surface area contributed by atoms with Gasteiger partial charge in [-0.3, -0.25) is 4.90 Å². The molecule has 0 saturated carbocycles. The lowest BCUT2D eigenvalue weighted by Gasteiger charge is -2.38. The molecule has 2 aliphatic heterocycles. The molecule has 2 aromatic carbocycles. The van der Waals surface area contributed by atoms with Crippen molar-refractivity contribution in [3.63, 3.8) is 0 Å². The summed E-state index contributed by atoms with van der Waals surface area (Å²) in [4.78, 5) is 2.76. The van der Waals surface area contributed by atoms with Gasteiger partial charge in [0.25, 0.3) is 0 Å². The summed E-state index contributed by atoms with van der Waals surface area (Å²) < 4.78 is 33.9. The maximum absolute atomic E-state index is 12.4. The molecule has 2 saturated heterocycles. The smallest absolute Gasteiger partial charge is 0.240 e. The Morgan fingerprint density at radius 3 is 2.37 bits per heavy atom. The van der Waals surface area contributed by atoms with Gasteiger partial charge in [-0.1, -0.05) is 60.7 Å². The number of rotatable bonds is 7. The van der Waals surface area contributed by atoms with E-state index in [1.807, 2.05) is 12.1 Å². The van der Waals surface area contributed by atoms with E-state index in [4.69, 9.17) is 4.74 Å². The third kappa shape index (κ3) is 5.38. The fourth-order valence-corrected chi connectivity index (χ4v) is 5.43. The Labute approximate surface area is 179 Å². The molecule has 2 aliphatic rings. The number of hydrogen-bond donors (Lipinski definition) is 1. The van der Waals surface area contributed by atoms with Gasteiger partial charge in [0.1, 0.15) is 0 Å². The molecule has 4 rings (SSSR count). The van der Waals surface area contributed by atoms with Gasteiger partial charge in [-0.2, -0.15) is 0 Å². The van der Waals surface area contributed by atoms with Crippen LogP contribution in [0.3, 0.4) is 0 Å². The molecular weight excluding hydrogens is 396 g/mol. The van der Waals surface area contributed by atoms with Gasteiger partial charge >= 0.3 is 0 Å². The van der Waals surface area contributed by atoms with Crippen LogP contribution in [0, 0.1) is 0 Å². The van der Waals surface area contributed by atoms with Gasteiger partial charge in [-0.15, -0.1) is 0 Å². The summed E-state index contributed by atoms with van der Waals surface area (Å²) in [5.74, 6) is 0. The van der Waals surface area contributed by atoms with Crippen molar-refractivity contribution in [3.05, 3.63) is 72.3 Å². The van der Waals surface area contributed by atoms with Gasteiger partial charge in [0.2, 0.25) is 10.0 Å². The molecule has 2 heterocycles. The number of ether oxygens (including phenoxy) is 1. The van der Waals surface area contributed by atoms with Crippen LogP contribution < -0.4 is 4.72 Å². The van der Waals surface area contributed by atoms with E-state index in [9.17, 15) is 8.42 Å². The van der Waals surface area contributed by atoms with Crippen LogP contribution in [0.5, 0.6) is 0 Å². The van der Waals surface area contributed by atoms with Gasteiger partial charge in [0.05, 0.1) is 16.6 Å². The minimum atomic E-state index is -3.48. The maximum Gasteiger partial charge on any atom is 0.240 e. The Morgan fingerprint density at radius 2 is 1.67 bits per heavy atom. The topological polar surface area (TPSA) is 58.6 Å². The average Bonchev–Trinajstić information content (AvgIpc) is 3.18. The molecule has 0 aromatic heterocycles. The Morgan fingerprint density at radius 1 is 1.00 bits per heavy atom. The largest absolute Gasteiger partial charge is 0.370 e. The first-order chi connectivity index (χ1) is 14.5. The van der Waals surface area contributed by atoms with Gasteiger partial charge in [0, 0.05) is 26.2 Å². The standard InChI is InChI=1S/C24H30N2O3S/c27-30(28,23-11-5-2-6-12-23)25-20-22-13-14-24(29-22)15-18-26(19-16-24)17-7-10-21-8-3-1-4-9-21/h1-12,22,25H,13-20H2/b10-7+. The lowest BCUT2D eigenvalue weighted by atomic mass is 9.88. The second-order valence-corrected chi connectivity index (χ2v) is 10.0. The molecule has 2 fully saturated rings. The van der Waals surface area contributed by atoms with Crippen LogP contribution in [-0.4, -0.2) is 51.2 Å². The van der Waals surface area contributed by atoms with E-state index >= 15 is 0 Å². The van der Waals surface area contributed by atoms with E-state index in [0.29, 0.717) is 11.4 Å². The second-order valence-electron chi connectivity index (χ2n) is 8.24. The van der Waals surface area contributed by atoms with Crippen LogP contribution in [0.4, 0.5) is 0 Å². The van der Waals surface area contributed by atoms with Crippen LogP contribution in [0.15, 0.2) is 71.6 Å². The van der Waals surface area contributed by atoms with E-state index in [-0.39, 0.29) is 11.7 Å². The number of likely N-dealkylation sites (tertiary alicyclic amines) is 1. The fraction of sp³-hybridized carbons (Fsp3) is 0.417. The highest BCUT2D eigenvalue weighted by Crippen LogP contribution is 2.38. The summed E-state index contributed by atoms with van der Waals surface area (Å²) in [5, 5.41) is 0. The SMILES string of the molecule is O=S(=O)(NCC1CCC2(CCN(C/C=C/c3ccccc3)CC2)O1)c1ccccc1. The van der Waals surface area contributed by atoms with E-state index in [1.54, 1.807) is 24.3 Å². The summed E-state index contributed by atoms with van der Waals surface area (Å²) in [6, 6.07) is 18.9. The zero-order valence-corrected chi connectivity index (χ0v) is 18.1. The Kier molecular flexibility index (Phi) is 6.68. The minimum Gasteiger partial charge on any atom is -0.370 e. The molecule has 160 valence electrons. The highest BCUT2D eigenvalue weighted by molar-refractivity contribution is 7.89. The van der Waals surface area contributed by atoms with Crippen molar-refractivity contribution in [1.29, 1.82) is 0 Å². The molecule has 1 spiro atoms. The molecule has 1 atom stereocenters. The van der Waals surface area contributed by atoms with E-state index in [0.717, 1.165) is 45.3 Å². The van der Waals surface area contributed by atoms with Crippen LogP contribution in [0.1, 0.15) is 31.2 Å². The summed E-state index contributed by atoms with van der Waals surface area (Å²) in [5.41, 5.74) is 1.15. The normalized spacial score (nSPS) is 22.1. The molecule has 30 heavy (non-hydrogen) atoms. The first-order valence-corrected chi connectivity index (χ1v) is 12.2. The number of nitrogens with zero attached hydrogens (tertiary/aromatic N) is 1. The monoisotopic (exact) mass is 426 g/mol. The predicted octanol–water partition coefficient (Wildman–Crippen LogP) is 3.69. The molecule has 5 nitrogen and oxygen atoms in total. The highest BCUT2D eigenvalue weighted by atomic mass is 32.2. The van der Waals surface area contributed by atoms with Crippen LogP contribution in [0.2, 0.25) is 0 Å². The zero-order valence-electron chi connectivity index (χ0n) is 17.2.